The van der Waals surface area contributed by atoms with E-state index in [0.717, 1.165) is 21.7 Å². The predicted octanol–water partition coefficient (Wildman–Crippen LogP) is 4.01. The standard InChI is InChI=1S/C11H10BrClN2O/c1-7-2-3-9(16-7)6-14-10-4-8(12)5-15-11(10)13/h2-5,14H,6H2,1H3. The molecule has 0 saturated heterocycles. The van der Waals surface area contributed by atoms with Gasteiger partial charge in [-0.15, -0.1) is 0 Å². The van der Waals surface area contributed by atoms with Crippen LogP contribution in [0.2, 0.25) is 5.15 Å². The van der Waals surface area contributed by atoms with Gasteiger partial charge in [-0.3, -0.25) is 0 Å². The van der Waals surface area contributed by atoms with Gasteiger partial charge in [-0.1, -0.05) is 11.6 Å². The van der Waals surface area contributed by atoms with Gasteiger partial charge in [-0.25, -0.2) is 4.98 Å². The molecule has 0 bridgehead atoms. The third kappa shape index (κ3) is 2.77. The number of nitrogens with one attached hydrogen (secondary N) is 1. The van der Waals surface area contributed by atoms with Crippen molar-refractivity contribution in [1.29, 1.82) is 0 Å². The van der Waals surface area contributed by atoms with Gasteiger partial charge in [0.1, 0.15) is 11.5 Å². The molecule has 0 saturated carbocycles. The Morgan fingerprint density at radius 2 is 2.31 bits per heavy atom. The lowest BCUT2D eigenvalue weighted by Gasteiger charge is -2.06. The number of nitrogens with zero attached hydrogens (tertiary/aromatic N) is 1. The van der Waals surface area contributed by atoms with Crippen molar-refractivity contribution in [2.45, 2.75) is 13.5 Å². The monoisotopic (exact) mass is 300 g/mol. The normalized spacial score (nSPS) is 10.4. The van der Waals surface area contributed by atoms with Crippen LogP contribution in [0.5, 0.6) is 0 Å². The molecule has 0 aliphatic carbocycles. The topological polar surface area (TPSA) is 38.1 Å². The van der Waals surface area contributed by atoms with E-state index in [4.69, 9.17) is 16.0 Å². The van der Waals surface area contributed by atoms with E-state index in [0.29, 0.717) is 11.7 Å². The third-order valence-electron chi connectivity index (χ3n) is 2.05. The van der Waals surface area contributed by atoms with Crippen molar-refractivity contribution >= 4 is 33.2 Å². The molecule has 5 heteroatoms. The van der Waals surface area contributed by atoms with Crippen LogP contribution in [0.25, 0.3) is 0 Å². The van der Waals surface area contributed by atoms with Crippen LogP contribution in [0.3, 0.4) is 0 Å². The Balaban J connectivity index is 2.07. The highest BCUT2D eigenvalue weighted by molar-refractivity contribution is 9.10. The minimum absolute atomic E-state index is 0.450. The number of hydrogen-bond donors (Lipinski definition) is 1. The highest BCUT2D eigenvalue weighted by Gasteiger charge is 2.03. The average molecular weight is 302 g/mol. The quantitative estimate of drug-likeness (QED) is 0.870. The number of aryl methyl sites for hydroxylation is 1. The molecular formula is C11H10BrClN2O. The Morgan fingerprint density at radius 1 is 1.50 bits per heavy atom. The first-order valence-electron chi connectivity index (χ1n) is 4.75. The maximum Gasteiger partial charge on any atom is 0.152 e. The highest BCUT2D eigenvalue weighted by Crippen LogP contribution is 2.23. The van der Waals surface area contributed by atoms with Crippen LogP contribution in [0.1, 0.15) is 11.5 Å². The maximum absolute atomic E-state index is 5.94. The van der Waals surface area contributed by atoms with E-state index in [1.807, 2.05) is 25.1 Å². The van der Waals surface area contributed by atoms with Gasteiger partial charge >= 0.3 is 0 Å². The number of aromatic nitrogens is 1. The second-order valence-corrected chi connectivity index (χ2v) is 4.63. The zero-order valence-corrected chi connectivity index (χ0v) is 11.0. The van der Waals surface area contributed by atoms with Crippen LogP contribution < -0.4 is 5.32 Å². The van der Waals surface area contributed by atoms with E-state index >= 15 is 0 Å². The molecule has 84 valence electrons. The third-order valence-corrected chi connectivity index (χ3v) is 2.79. The molecular weight excluding hydrogens is 291 g/mol. The van der Waals surface area contributed by atoms with Crippen molar-refractivity contribution in [2.24, 2.45) is 0 Å². The second kappa shape index (κ2) is 4.89. The molecule has 0 aliphatic heterocycles. The Morgan fingerprint density at radius 3 is 3.00 bits per heavy atom. The molecule has 0 fully saturated rings. The van der Waals surface area contributed by atoms with E-state index in [9.17, 15) is 0 Å². The summed E-state index contributed by atoms with van der Waals surface area (Å²) in [7, 11) is 0. The van der Waals surface area contributed by atoms with Crippen LogP contribution in [-0.2, 0) is 6.54 Å². The molecule has 3 nitrogen and oxygen atoms in total. The smallest absolute Gasteiger partial charge is 0.152 e. The summed E-state index contributed by atoms with van der Waals surface area (Å²) in [6.45, 7) is 2.50. The van der Waals surface area contributed by atoms with Gasteiger partial charge in [0.2, 0.25) is 0 Å². The zero-order chi connectivity index (χ0) is 11.5. The molecule has 0 atom stereocenters. The van der Waals surface area contributed by atoms with E-state index in [1.54, 1.807) is 6.20 Å². The Bertz CT molecular complexity index is 498. The van der Waals surface area contributed by atoms with Gasteiger partial charge in [0.25, 0.3) is 0 Å². The van der Waals surface area contributed by atoms with Crippen LogP contribution in [-0.4, -0.2) is 4.98 Å². The van der Waals surface area contributed by atoms with Crippen molar-refractivity contribution in [3.05, 3.63) is 45.5 Å². The van der Waals surface area contributed by atoms with Gasteiger partial charge < -0.3 is 9.73 Å². The van der Waals surface area contributed by atoms with Crippen molar-refractivity contribution < 1.29 is 4.42 Å². The van der Waals surface area contributed by atoms with Crippen molar-refractivity contribution in [3.8, 4) is 0 Å². The van der Waals surface area contributed by atoms with Crippen LogP contribution in [0.15, 0.2) is 33.3 Å². The number of pyridine rings is 1. The number of rotatable bonds is 3. The fourth-order valence-corrected chi connectivity index (χ4v) is 1.81. The van der Waals surface area contributed by atoms with Crippen molar-refractivity contribution in [2.75, 3.05) is 5.32 Å². The first-order valence-corrected chi connectivity index (χ1v) is 5.92. The molecule has 0 aromatic carbocycles. The largest absolute Gasteiger partial charge is 0.465 e. The fraction of sp³-hybridized carbons (Fsp3) is 0.182. The molecule has 0 amide bonds. The Kier molecular flexibility index (Phi) is 3.51. The molecule has 0 unspecified atom stereocenters. The SMILES string of the molecule is Cc1ccc(CNc2cc(Br)cnc2Cl)o1. The zero-order valence-electron chi connectivity index (χ0n) is 8.63. The van der Waals surface area contributed by atoms with Gasteiger partial charge in [0.15, 0.2) is 5.15 Å². The lowest BCUT2D eigenvalue weighted by Crippen LogP contribution is -1.99. The van der Waals surface area contributed by atoms with E-state index in [-0.39, 0.29) is 0 Å². The molecule has 2 aromatic rings. The minimum atomic E-state index is 0.450. The molecule has 16 heavy (non-hydrogen) atoms. The summed E-state index contributed by atoms with van der Waals surface area (Å²) < 4.78 is 6.32. The van der Waals surface area contributed by atoms with E-state index in [2.05, 4.69) is 26.2 Å². The molecule has 1 N–H and O–H groups in total. The molecule has 0 spiro atoms. The Labute approximate surface area is 107 Å². The molecule has 2 heterocycles. The van der Waals surface area contributed by atoms with E-state index in [1.165, 1.54) is 0 Å². The summed E-state index contributed by atoms with van der Waals surface area (Å²) in [6, 6.07) is 5.74. The van der Waals surface area contributed by atoms with Crippen molar-refractivity contribution in [1.82, 2.24) is 4.98 Å². The summed E-state index contributed by atoms with van der Waals surface area (Å²) in [6.07, 6.45) is 1.66. The highest BCUT2D eigenvalue weighted by atomic mass is 79.9. The van der Waals surface area contributed by atoms with Gasteiger partial charge in [0, 0.05) is 10.7 Å². The lowest BCUT2D eigenvalue weighted by atomic mass is 10.4. The maximum atomic E-state index is 5.94. The summed E-state index contributed by atoms with van der Waals surface area (Å²) in [5, 5.41) is 3.62. The van der Waals surface area contributed by atoms with E-state index < -0.39 is 0 Å². The first kappa shape index (κ1) is 11.5. The summed E-state index contributed by atoms with van der Waals surface area (Å²) in [4.78, 5) is 4.02. The summed E-state index contributed by atoms with van der Waals surface area (Å²) >= 11 is 9.28. The van der Waals surface area contributed by atoms with Gasteiger partial charge in [0.05, 0.1) is 12.2 Å². The summed E-state index contributed by atoms with van der Waals surface area (Å²) in [5.74, 6) is 1.77. The molecule has 2 rings (SSSR count). The minimum Gasteiger partial charge on any atom is -0.465 e. The molecule has 0 radical (unpaired) electrons. The second-order valence-electron chi connectivity index (χ2n) is 3.36. The fourth-order valence-electron chi connectivity index (χ4n) is 1.31. The van der Waals surface area contributed by atoms with Crippen molar-refractivity contribution in [3.63, 3.8) is 0 Å². The van der Waals surface area contributed by atoms with Crippen LogP contribution in [0, 0.1) is 6.92 Å². The Hall–Kier alpha value is -1.000. The molecule has 0 aliphatic rings. The summed E-state index contributed by atoms with van der Waals surface area (Å²) in [5.41, 5.74) is 0.782. The van der Waals surface area contributed by atoms with Gasteiger partial charge in [-0.2, -0.15) is 0 Å². The lowest BCUT2D eigenvalue weighted by molar-refractivity contribution is 0.490. The van der Waals surface area contributed by atoms with Crippen LogP contribution >= 0.6 is 27.5 Å². The number of furan rings is 1. The number of anilines is 1. The average Bonchev–Trinajstić information content (AvgIpc) is 2.66. The number of halogens is 2. The number of hydrogen-bond acceptors (Lipinski definition) is 3. The predicted molar refractivity (Wildman–Crippen MR) is 67.7 cm³/mol. The molecule has 2 aromatic heterocycles. The van der Waals surface area contributed by atoms with Gasteiger partial charge in [-0.05, 0) is 41.1 Å². The van der Waals surface area contributed by atoms with Crippen LogP contribution in [0.4, 0.5) is 5.69 Å². The first-order chi connectivity index (χ1) is 7.65.